The van der Waals surface area contributed by atoms with Crippen LogP contribution in [0.3, 0.4) is 0 Å². The van der Waals surface area contributed by atoms with Gasteiger partial charge in [-0.05, 0) is 210 Å². The van der Waals surface area contributed by atoms with Gasteiger partial charge < -0.3 is 36.6 Å². The topological polar surface area (TPSA) is 185 Å². The van der Waals surface area contributed by atoms with Gasteiger partial charge in [-0.3, -0.25) is 0 Å². The molecule has 0 saturated heterocycles. The molecule has 13 rings (SSSR count). The van der Waals surface area contributed by atoms with E-state index in [-0.39, 0.29) is 52.1 Å². The minimum absolute atomic E-state index is 0.134. The monoisotopic (exact) mass is 1250 g/mol. The first kappa shape index (κ1) is 61.8. The van der Waals surface area contributed by atoms with Crippen molar-refractivity contribution in [3.05, 3.63) is 355 Å². The van der Waals surface area contributed by atoms with E-state index < -0.39 is 0 Å². The molecule has 0 fully saturated rings. The van der Waals surface area contributed by atoms with Crippen LogP contribution in [0, 0.1) is 45.3 Å². The summed E-state index contributed by atoms with van der Waals surface area (Å²) in [4.78, 5) is 0. The van der Waals surface area contributed by atoms with Gasteiger partial charge in [0.15, 0.2) is 0 Å². The molecule has 0 atom stereocenters. The van der Waals surface area contributed by atoms with E-state index in [0.29, 0.717) is 135 Å². The number of rotatable bonds is 20. The summed E-state index contributed by atoms with van der Waals surface area (Å²) in [5.41, 5.74) is 12.7. The second-order valence-corrected chi connectivity index (χ2v) is 23.0. The lowest BCUT2D eigenvalue weighted by Crippen LogP contribution is -2.11. The zero-order chi connectivity index (χ0) is 65.4. The third kappa shape index (κ3) is 14.8. The number of ether oxygens (including phenoxy) is 4. The Morgan fingerprint density at radius 2 is 0.479 bits per heavy atom. The highest BCUT2D eigenvalue weighted by molar-refractivity contribution is 5.93. The molecule has 4 aromatic heterocycles. The maximum Gasteiger partial charge on any atom is 0.127 e. The Kier molecular flexibility index (Phi) is 19.0. The van der Waals surface area contributed by atoms with Crippen LogP contribution in [-0.4, -0.2) is 0 Å². The lowest BCUT2D eigenvalue weighted by molar-refractivity contribution is 0.293. The number of hydrogen-bond acceptors (Lipinski definition) is 12. The number of allylic oxidation sites excluding steroid dienone is 4. The highest BCUT2D eigenvalue weighted by atomic mass is 16.5. The maximum atomic E-state index is 11.3. The average Bonchev–Trinajstić information content (AvgIpc) is 0.944. The van der Waals surface area contributed by atoms with E-state index in [2.05, 4.69) is 24.3 Å². The molecule has 0 saturated carbocycles. The number of benzene rings is 8. The Balaban J connectivity index is 1.16. The lowest BCUT2D eigenvalue weighted by atomic mass is 9.86. The normalized spacial score (nSPS) is 12.4. The summed E-state index contributed by atoms with van der Waals surface area (Å²) in [5, 5.41) is 45.2. The van der Waals surface area contributed by atoms with E-state index in [0.717, 1.165) is 22.3 Å². The third-order valence-electron chi connectivity index (χ3n) is 16.4. The predicted octanol–water partition coefficient (Wildman–Crippen LogP) is 19.3. The molecular weight excluding hydrogens is 1190 g/mol. The first-order chi connectivity index (χ1) is 47.3. The first-order valence-electron chi connectivity index (χ1n) is 31.3. The Bertz CT molecular complexity index is 4270. The zero-order valence-electron chi connectivity index (χ0n) is 52.1. The summed E-state index contributed by atoms with van der Waals surface area (Å²) < 4.78 is 52.6. The van der Waals surface area contributed by atoms with Crippen LogP contribution in [0.1, 0.15) is 112 Å². The molecule has 96 heavy (non-hydrogen) atoms. The van der Waals surface area contributed by atoms with Crippen molar-refractivity contribution in [1.82, 2.24) is 0 Å². The van der Waals surface area contributed by atoms with Crippen LogP contribution < -0.4 is 18.9 Å². The van der Waals surface area contributed by atoms with Gasteiger partial charge in [-0.1, -0.05) is 121 Å². The second kappa shape index (κ2) is 29.5. The molecule has 12 nitrogen and oxygen atoms in total. The van der Waals surface area contributed by atoms with Crippen molar-refractivity contribution >= 4 is 46.6 Å². The van der Waals surface area contributed by atoms with Crippen molar-refractivity contribution < 1.29 is 36.6 Å². The molecule has 0 aliphatic heterocycles. The van der Waals surface area contributed by atoms with Gasteiger partial charge in [-0.25, -0.2) is 0 Å². The number of nitriles is 4. The third-order valence-corrected chi connectivity index (χ3v) is 16.4. The second-order valence-electron chi connectivity index (χ2n) is 23.0. The molecule has 0 amide bonds. The van der Waals surface area contributed by atoms with E-state index in [9.17, 15) is 21.0 Å². The van der Waals surface area contributed by atoms with Crippen molar-refractivity contribution in [3.63, 3.8) is 0 Å². The van der Waals surface area contributed by atoms with Gasteiger partial charge in [0.2, 0.25) is 0 Å². The van der Waals surface area contributed by atoms with E-state index in [4.69, 9.17) is 36.6 Å². The van der Waals surface area contributed by atoms with Crippen LogP contribution in [-0.2, 0) is 52.1 Å². The van der Waals surface area contributed by atoms with E-state index in [1.165, 1.54) is 0 Å². The van der Waals surface area contributed by atoms with Gasteiger partial charge in [0.25, 0.3) is 0 Å². The Morgan fingerprint density at radius 3 is 0.646 bits per heavy atom. The van der Waals surface area contributed by atoms with Gasteiger partial charge in [-0.15, -0.1) is 0 Å². The fraction of sp³-hybridized carbons (Fsp3) is 0.0952. The molecule has 8 bridgehead atoms. The predicted molar refractivity (Wildman–Crippen MR) is 369 cm³/mol. The summed E-state index contributed by atoms with van der Waals surface area (Å²) in [6.45, 7) is 0.649. The molecule has 1 aliphatic rings. The van der Waals surface area contributed by atoms with Gasteiger partial charge in [0.05, 0.1) is 71.6 Å². The van der Waals surface area contributed by atoms with Crippen LogP contribution in [0.2, 0.25) is 0 Å². The van der Waals surface area contributed by atoms with Crippen LogP contribution >= 0.6 is 0 Å². The summed E-state index contributed by atoms with van der Waals surface area (Å²) in [6.07, 6.45) is 13.7. The van der Waals surface area contributed by atoms with Crippen molar-refractivity contribution in [1.29, 1.82) is 21.0 Å². The number of furan rings is 4. The summed E-state index contributed by atoms with van der Waals surface area (Å²) >= 11 is 0. The summed E-state index contributed by atoms with van der Waals surface area (Å²) in [7, 11) is 0. The van der Waals surface area contributed by atoms with Crippen LogP contribution in [0.25, 0.3) is 46.6 Å². The zero-order valence-corrected chi connectivity index (χ0v) is 52.1. The van der Waals surface area contributed by atoms with Gasteiger partial charge >= 0.3 is 0 Å². The van der Waals surface area contributed by atoms with E-state index in [1.54, 1.807) is 97.9 Å². The minimum Gasteiger partial charge on any atom is -0.488 e. The highest BCUT2D eigenvalue weighted by Gasteiger charge is 2.27. The van der Waals surface area contributed by atoms with Crippen molar-refractivity contribution in [2.24, 2.45) is 0 Å². The quantitative estimate of drug-likeness (QED) is 0.0659. The Hall–Kier alpha value is -13.0. The van der Waals surface area contributed by atoms with Crippen LogP contribution in [0.4, 0.5) is 0 Å². The lowest BCUT2D eigenvalue weighted by Gasteiger charge is -2.25. The summed E-state index contributed by atoms with van der Waals surface area (Å²) in [6, 6.07) is 79.8. The number of fused-ring (bicyclic) bond motifs is 8. The maximum absolute atomic E-state index is 11.3. The van der Waals surface area contributed by atoms with Crippen LogP contribution in [0.15, 0.2) is 261 Å². The molecule has 1 aliphatic carbocycles. The molecule has 0 radical (unpaired) electrons. The van der Waals surface area contributed by atoms with Crippen molar-refractivity contribution in [2.45, 2.75) is 52.1 Å². The Morgan fingerprint density at radius 1 is 0.281 bits per heavy atom. The average molecular weight is 1250 g/mol. The molecule has 4 heterocycles. The minimum atomic E-state index is 0.134. The molecule has 0 unspecified atom stereocenters. The van der Waals surface area contributed by atoms with Gasteiger partial charge in [0, 0.05) is 25.7 Å². The van der Waals surface area contributed by atoms with Gasteiger partial charge in [-0.2, -0.15) is 21.0 Å². The molecule has 12 heteroatoms. The fourth-order valence-corrected chi connectivity index (χ4v) is 12.0. The Labute approximate surface area is 556 Å². The van der Waals surface area contributed by atoms with Gasteiger partial charge in [0.1, 0.15) is 72.5 Å². The number of nitrogens with zero attached hydrogens (tertiary/aromatic N) is 4. The molecule has 12 aromatic rings. The van der Waals surface area contributed by atoms with E-state index in [1.807, 2.05) is 170 Å². The molecule has 0 spiro atoms. The molecule has 8 aromatic carbocycles. The largest absolute Gasteiger partial charge is 0.488 e. The molecule has 464 valence electrons. The smallest absolute Gasteiger partial charge is 0.127 e. The standard InChI is InChI=1S/C84H60N4O8/c85-49-73(45-77-25-13-29-89-77)61-33-65-41-67-35-62(74(50-86)46-78-26-14-30-90-78)37-69(82(67)94-54-58-19-7-2-8-20-58)43-71-39-64(76(52-88)48-80-28-16-32-92-80)40-72(84(71)96-56-60-23-11-4-12-24-60)44-70-38-63(75(51-87)47-79-27-15-31-91-79)36-68(83(70)95-55-59-21-9-3-10-22-59)42-66(34-61)81(65)93-53-57-17-5-1-6-18-57/h1-40,45-48H,41-44,53-56H2/b73-45+,74-46+,75-47+,76-48+. The SMILES string of the molecule is N#C/C(=C\c1ccco1)c1cc2c(OCc3ccccc3)c(c1)Cc1cc(/C(C#N)=C/c3ccco3)cc(c1OCc1ccccc1)Cc1cc(/C(C#N)=C/c3ccco3)cc(c1OCc1ccccc1)Cc1cc(/C(C#N)=C/c3ccco3)cc(c1OCc1ccccc1)C2. The highest BCUT2D eigenvalue weighted by Crippen LogP contribution is 2.44. The first-order valence-corrected chi connectivity index (χ1v) is 31.3. The molecule has 0 N–H and O–H groups in total. The number of hydrogen-bond donors (Lipinski definition) is 0. The van der Waals surface area contributed by atoms with Crippen molar-refractivity contribution in [2.75, 3.05) is 0 Å². The van der Waals surface area contributed by atoms with Crippen molar-refractivity contribution in [3.8, 4) is 47.3 Å². The van der Waals surface area contributed by atoms with E-state index >= 15 is 0 Å². The molecular formula is C84H60N4O8. The van der Waals surface area contributed by atoms with Crippen LogP contribution in [0.5, 0.6) is 23.0 Å². The fourth-order valence-electron chi connectivity index (χ4n) is 12.0. The summed E-state index contributed by atoms with van der Waals surface area (Å²) in [5.74, 6) is 4.04.